The van der Waals surface area contributed by atoms with Gasteiger partial charge in [-0.2, -0.15) is 21.6 Å². The summed E-state index contributed by atoms with van der Waals surface area (Å²) in [4.78, 5) is 0. The van der Waals surface area contributed by atoms with Crippen molar-refractivity contribution in [3.63, 3.8) is 0 Å². The summed E-state index contributed by atoms with van der Waals surface area (Å²) in [6, 6.07) is 4.85. The lowest BCUT2D eigenvalue weighted by atomic mass is 10.1. The van der Waals surface area contributed by atoms with Crippen LogP contribution in [0.1, 0.15) is 61.3 Å². The Morgan fingerprint density at radius 2 is 1.33 bits per heavy atom. The average Bonchev–Trinajstić information content (AvgIpc) is 2.77. The molecule has 0 aromatic carbocycles. The average molecular weight is 531 g/mol. The maximum absolute atomic E-state index is 13.0. The second kappa shape index (κ2) is 13.9. The third-order valence-electron chi connectivity index (χ3n) is 6.52. The van der Waals surface area contributed by atoms with Gasteiger partial charge in [0.15, 0.2) is 16.6 Å². The Labute approximate surface area is 200 Å². The molecule has 0 saturated heterocycles. The summed E-state index contributed by atoms with van der Waals surface area (Å²) in [6.07, 6.45) is -0.983. The molecule has 0 aromatic rings. The number of hydrogen-bond donors (Lipinski definition) is 0. The third kappa shape index (κ3) is 9.40. The van der Waals surface area contributed by atoms with Gasteiger partial charge in [0, 0.05) is 12.8 Å². The van der Waals surface area contributed by atoms with Gasteiger partial charge in [0.05, 0.1) is 6.10 Å². The Hall–Kier alpha value is -0.806. The van der Waals surface area contributed by atoms with E-state index in [0.717, 1.165) is 36.3 Å². The second-order valence-electron chi connectivity index (χ2n) is 8.15. The normalized spacial score (nSPS) is 14.8. The molecule has 5 nitrogen and oxygen atoms in total. The molecule has 0 fully saturated rings. The molecule has 0 amide bonds. The van der Waals surface area contributed by atoms with E-state index in [1.165, 1.54) is 0 Å². The molecule has 0 heterocycles. The molecule has 0 aromatic heterocycles. The summed E-state index contributed by atoms with van der Waals surface area (Å²) in [5.41, 5.74) is -5.55. The highest BCUT2D eigenvalue weighted by atomic mass is 32.2. The standard InChI is InChI=1S/C22H41F3O5SSi2/c1-9-16-17-20(29-32(10-2,11-3)12-4)18-21(30-33(13-5,14-6)15-7)19(8)28-31(26,27)22(23,24)25/h20-21H,8,10-15,17-18H2,1-7H3/t20-,21+/m1/s1. The van der Waals surface area contributed by atoms with E-state index in [1.807, 2.05) is 20.8 Å². The third-order valence-corrected chi connectivity index (χ3v) is 16.9. The lowest BCUT2D eigenvalue weighted by molar-refractivity contribution is -0.0533. The van der Waals surface area contributed by atoms with E-state index in [-0.39, 0.29) is 6.42 Å². The summed E-state index contributed by atoms with van der Waals surface area (Å²) in [7, 11) is -10.3. The predicted octanol–water partition coefficient (Wildman–Crippen LogP) is 6.95. The van der Waals surface area contributed by atoms with Crippen LogP contribution in [0.5, 0.6) is 0 Å². The van der Waals surface area contributed by atoms with Crippen molar-refractivity contribution < 1.29 is 34.6 Å². The lowest BCUT2D eigenvalue weighted by Crippen LogP contribution is -2.45. The highest BCUT2D eigenvalue weighted by molar-refractivity contribution is 7.87. The minimum Gasteiger partial charge on any atom is -0.413 e. The Balaban J connectivity index is 6.18. The Morgan fingerprint density at radius 3 is 1.70 bits per heavy atom. The quantitative estimate of drug-likeness (QED) is 0.0710. The van der Waals surface area contributed by atoms with Crippen LogP contribution in [0.15, 0.2) is 12.3 Å². The van der Waals surface area contributed by atoms with Crippen LogP contribution in [0.3, 0.4) is 0 Å². The van der Waals surface area contributed by atoms with E-state index in [9.17, 15) is 21.6 Å². The summed E-state index contributed by atoms with van der Waals surface area (Å²) in [5.74, 6) is 5.27. The molecular weight excluding hydrogens is 489 g/mol. The number of rotatable bonds is 16. The maximum atomic E-state index is 13.0. The van der Waals surface area contributed by atoms with Crippen LogP contribution < -0.4 is 0 Å². The van der Waals surface area contributed by atoms with Gasteiger partial charge < -0.3 is 13.0 Å². The smallest absolute Gasteiger partial charge is 0.413 e. The zero-order chi connectivity index (χ0) is 25.9. The first-order valence-corrected chi connectivity index (χ1v) is 18.2. The van der Waals surface area contributed by atoms with E-state index in [4.69, 9.17) is 8.85 Å². The first-order chi connectivity index (χ1) is 15.2. The predicted molar refractivity (Wildman–Crippen MR) is 132 cm³/mol. The monoisotopic (exact) mass is 530 g/mol. The van der Waals surface area contributed by atoms with Gasteiger partial charge in [0.1, 0.15) is 11.9 Å². The van der Waals surface area contributed by atoms with Crippen molar-refractivity contribution in [3.05, 3.63) is 12.3 Å². The fourth-order valence-corrected chi connectivity index (χ4v) is 9.97. The zero-order valence-electron chi connectivity index (χ0n) is 21.1. The topological polar surface area (TPSA) is 61.8 Å². The fraction of sp³-hybridized carbons (Fsp3) is 0.818. The number of alkyl halides is 3. The molecule has 0 aliphatic carbocycles. The highest BCUT2D eigenvalue weighted by Gasteiger charge is 2.49. The molecule has 0 N–H and O–H groups in total. The maximum Gasteiger partial charge on any atom is 0.534 e. The SMILES string of the molecule is C=C(OS(=O)(=O)C(F)(F)F)[C@H](C[C@@H](CC#CC)O[Si](CC)(CC)CC)O[Si](CC)(CC)CC. The molecule has 2 atom stereocenters. The summed E-state index contributed by atoms with van der Waals surface area (Å²) in [5, 5.41) is 0. The number of hydrogen-bond acceptors (Lipinski definition) is 5. The zero-order valence-corrected chi connectivity index (χ0v) is 23.9. The van der Waals surface area contributed by atoms with Crippen LogP contribution in [0.4, 0.5) is 13.2 Å². The van der Waals surface area contributed by atoms with Crippen LogP contribution in [0.25, 0.3) is 0 Å². The van der Waals surface area contributed by atoms with Crippen molar-refractivity contribution in [2.45, 2.75) is 115 Å². The largest absolute Gasteiger partial charge is 0.534 e. The van der Waals surface area contributed by atoms with Gasteiger partial charge in [-0.3, -0.25) is 0 Å². The molecule has 0 aliphatic heterocycles. The molecule has 0 saturated carbocycles. The minimum absolute atomic E-state index is 0.129. The summed E-state index contributed by atoms with van der Waals surface area (Å²) < 4.78 is 79.6. The molecule has 0 unspecified atom stereocenters. The van der Waals surface area contributed by atoms with Crippen LogP contribution in [0, 0.1) is 11.8 Å². The molecule has 11 heteroatoms. The highest BCUT2D eigenvalue weighted by Crippen LogP contribution is 2.33. The van der Waals surface area contributed by atoms with Crippen LogP contribution in [0.2, 0.25) is 36.3 Å². The van der Waals surface area contributed by atoms with Crippen molar-refractivity contribution in [1.82, 2.24) is 0 Å². The van der Waals surface area contributed by atoms with Crippen molar-refractivity contribution in [2.24, 2.45) is 0 Å². The van der Waals surface area contributed by atoms with E-state index in [0.29, 0.717) is 6.42 Å². The van der Waals surface area contributed by atoms with E-state index in [1.54, 1.807) is 6.92 Å². The first-order valence-electron chi connectivity index (χ1n) is 11.7. The molecule has 33 heavy (non-hydrogen) atoms. The van der Waals surface area contributed by atoms with Gasteiger partial charge in [-0.1, -0.05) is 48.1 Å². The van der Waals surface area contributed by atoms with Gasteiger partial charge in [0.2, 0.25) is 0 Å². The van der Waals surface area contributed by atoms with Crippen molar-refractivity contribution in [2.75, 3.05) is 0 Å². The van der Waals surface area contributed by atoms with E-state index >= 15 is 0 Å². The van der Waals surface area contributed by atoms with Crippen molar-refractivity contribution in [1.29, 1.82) is 0 Å². The fourth-order valence-electron chi connectivity index (χ4n) is 3.77. The Bertz CT molecular complexity index is 751. The van der Waals surface area contributed by atoms with Gasteiger partial charge >= 0.3 is 15.6 Å². The summed E-state index contributed by atoms with van der Waals surface area (Å²) >= 11 is 0. The molecular formula is C22H41F3O5SSi2. The van der Waals surface area contributed by atoms with Crippen molar-refractivity contribution >= 4 is 26.8 Å². The van der Waals surface area contributed by atoms with E-state index in [2.05, 4.69) is 43.4 Å². The first kappa shape index (κ1) is 32.2. The Kier molecular flexibility index (Phi) is 13.6. The number of halogens is 3. The molecule has 0 rings (SSSR count). The van der Waals surface area contributed by atoms with Gasteiger partial charge in [-0.05, 0) is 43.2 Å². The molecule has 0 bridgehead atoms. The minimum atomic E-state index is -5.84. The van der Waals surface area contributed by atoms with Crippen molar-refractivity contribution in [3.8, 4) is 11.8 Å². The van der Waals surface area contributed by atoms with E-state index < -0.39 is 50.2 Å². The molecule has 194 valence electrons. The Morgan fingerprint density at radius 1 is 0.909 bits per heavy atom. The second-order valence-corrected chi connectivity index (χ2v) is 19.1. The van der Waals surface area contributed by atoms with Crippen LogP contribution in [-0.4, -0.2) is 42.8 Å². The molecule has 0 spiro atoms. The van der Waals surface area contributed by atoms with Gasteiger partial charge in [-0.25, -0.2) is 0 Å². The van der Waals surface area contributed by atoms with Crippen LogP contribution >= 0.6 is 0 Å². The molecule has 0 aliphatic rings. The van der Waals surface area contributed by atoms with Gasteiger partial charge in [0.25, 0.3) is 0 Å². The van der Waals surface area contributed by atoms with Gasteiger partial charge in [-0.15, -0.1) is 11.8 Å². The van der Waals surface area contributed by atoms with Crippen LogP contribution in [-0.2, 0) is 23.2 Å². The molecule has 0 radical (unpaired) electrons. The summed E-state index contributed by atoms with van der Waals surface area (Å²) in [6.45, 7) is 17.4. The lowest BCUT2D eigenvalue weighted by Gasteiger charge is -2.37.